The smallest absolute Gasteiger partial charge is 0.163 e. The molecule has 0 saturated heterocycles. The number of ether oxygens (including phenoxy) is 1. The molecule has 0 saturated carbocycles. The minimum atomic E-state index is -1.27. The average molecular weight is 320 g/mol. The number of fused-ring (bicyclic) bond motifs is 1. The van der Waals surface area contributed by atoms with Gasteiger partial charge in [-0.3, -0.25) is 4.79 Å². The first-order chi connectivity index (χ1) is 10.6. The van der Waals surface area contributed by atoms with Gasteiger partial charge in [-0.05, 0) is 52.7 Å². The van der Waals surface area contributed by atoms with E-state index in [1.807, 2.05) is 19.9 Å². The predicted octanol–water partition coefficient (Wildman–Crippen LogP) is 2.89. The van der Waals surface area contributed by atoms with Gasteiger partial charge in [0.25, 0.3) is 0 Å². The number of carbonyl (C=O) groups excluding carboxylic acids is 1. The van der Waals surface area contributed by atoms with E-state index in [0.29, 0.717) is 18.6 Å². The number of allylic oxidation sites excluding steroid dienone is 2. The van der Waals surface area contributed by atoms with E-state index in [0.717, 1.165) is 5.57 Å². The summed E-state index contributed by atoms with van der Waals surface area (Å²) in [5.41, 5.74) is 0.190. The van der Waals surface area contributed by atoms with Crippen LogP contribution in [0.4, 0.5) is 0 Å². The lowest BCUT2D eigenvalue weighted by molar-refractivity contribution is -0.0914. The highest BCUT2D eigenvalue weighted by atomic mass is 16.5. The second kappa shape index (κ2) is 6.34. The van der Waals surface area contributed by atoms with Crippen molar-refractivity contribution in [3.8, 4) is 11.5 Å². The summed E-state index contributed by atoms with van der Waals surface area (Å²) in [5.74, 6) is -0.270. The van der Waals surface area contributed by atoms with Crippen molar-refractivity contribution in [1.29, 1.82) is 0 Å². The van der Waals surface area contributed by atoms with Crippen LogP contribution in [0.15, 0.2) is 23.8 Å². The van der Waals surface area contributed by atoms with E-state index in [1.165, 1.54) is 13.0 Å². The van der Waals surface area contributed by atoms with Crippen LogP contribution in [-0.2, 0) is 0 Å². The molecule has 5 heteroatoms. The third-order valence-corrected chi connectivity index (χ3v) is 4.21. The van der Waals surface area contributed by atoms with Crippen molar-refractivity contribution >= 4 is 5.78 Å². The lowest BCUT2D eigenvalue weighted by Gasteiger charge is -2.31. The van der Waals surface area contributed by atoms with Gasteiger partial charge in [0.1, 0.15) is 23.2 Å². The summed E-state index contributed by atoms with van der Waals surface area (Å²) in [6.07, 6.45) is 0.994. The van der Waals surface area contributed by atoms with Gasteiger partial charge >= 0.3 is 0 Å². The number of hydrogen-bond donors (Lipinski definition) is 3. The average Bonchev–Trinajstić information content (AvgIpc) is 2.77. The highest BCUT2D eigenvalue weighted by Crippen LogP contribution is 2.47. The molecule has 0 amide bonds. The molecule has 3 N–H and O–H groups in total. The number of rotatable bonds is 5. The molecule has 126 valence electrons. The van der Waals surface area contributed by atoms with Crippen LogP contribution in [0.1, 0.15) is 62.6 Å². The molecule has 0 fully saturated rings. The van der Waals surface area contributed by atoms with E-state index in [4.69, 9.17) is 4.74 Å². The summed E-state index contributed by atoms with van der Waals surface area (Å²) in [5, 5.41) is 31.4. The molecule has 0 unspecified atom stereocenters. The third kappa shape index (κ3) is 3.41. The molecule has 1 heterocycles. The zero-order valence-corrected chi connectivity index (χ0v) is 14.0. The maximum atomic E-state index is 11.5. The summed E-state index contributed by atoms with van der Waals surface area (Å²) >= 11 is 0. The topological polar surface area (TPSA) is 87.0 Å². The Morgan fingerprint density at radius 2 is 2.00 bits per heavy atom. The van der Waals surface area contributed by atoms with Crippen LogP contribution in [0, 0.1) is 0 Å². The molecule has 1 aromatic carbocycles. The molecule has 0 bridgehead atoms. The van der Waals surface area contributed by atoms with Gasteiger partial charge < -0.3 is 20.1 Å². The molecule has 0 spiro atoms. The van der Waals surface area contributed by atoms with Crippen LogP contribution in [0.3, 0.4) is 0 Å². The molecular formula is C18H24O5. The third-order valence-electron chi connectivity index (χ3n) is 4.21. The molecule has 23 heavy (non-hydrogen) atoms. The second-order valence-electron chi connectivity index (χ2n) is 6.59. The van der Waals surface area contributed by atoms with Crippen LogP contribution in [0.2, 0.25) is 0 Å². The number of benzene rings is 1. The normalized spacial score (nSPS) is 22.0. The number of hydrogen-bond acceptors (Lipinski definition) is 5. The van der Waals surface area contributed by atoms with Crippen molar-refractivity contribution in [2.24, 2.45) is 0 Å². The van der Waals surface area contributed by atoms with Crippen LogP contribution in [-0.4, -0.2) is 32.8 Å². The summed E-state index contributed by atoms with van der Waals surface area (Å²) in [4.78, 5) is 11.5. The molecule has 0 aromatic heterocycles. The lowest BCUT2D eigenvalue weighted by atomic mass is 9.87. The first-order valence-corrected chi connectivity index (χ1v) is 7.72. The van der Waals surface area contributed by atoms with E-state index >= 15 is 0 Å². The van der Waals surface area contributed by atoms with Gasteiger partial charge in [0.15, 0.2) is 11.9 Å². The Bertz CT molecular complexity index is 641. The number of aliphatic hydroxyl groups is 2. The first kappa shape index (κ1) is 17.5. The van der Waals surface area contributed by atoms with Crippen molar-refractivity contribution < 1.29 is 24.9 Å². The zero-order valence-electron chi connectivity index (χ0n) is 14.0. The number of phenolic OH excluding ortho intramolecular Hbond substituents is 1. The standard InChI is InChI=1S/C18H24O5/c1-10(2)6-5-9-18(4,22)17-16(21)14-13(23-17)8-7-12(11(3)19)15(14)20/h6-8,16-17,20-22H,5,9H2,1-4H3/t16-,17+,18-/m0/s1. The highest BCUT2D eigenvalue weighted by Gasteiger charge is 2.46. The number of ketones is 1. The minimum Gasteiger partial charge on any atom is -0.507 e. The molecule has 1 aromatic rings. The van der Waals surface area contributed by atoms with Crippen molar-refractivity contribution in [3.63, 3.8) is 0 Å². The van der Waals surface area contributed by atoms with Gasteiger partial charge in [0, 0.05) is 0 Å². The molecule has 3 atom stereocenters. The zero-order chi connectivity index (χ0) is 17.4. The summed E-state index contributed by atoms with van der Waals surface area (Å²) in [6, 6.07) is 3.00. The van der Waals surface area contributed by atoms with Gasteiger partial charge in [-0.1, -0.05) is 11.6 Å². The number of Topliss-reactive ketones (excluding diaryl/α,β-unsaturated/α-hetero) is 1. The monoisotopic (exact) mass is 320 g/mol. The van der Waals surface area contributed by atoms with E-state index in [1.54, 1.807) is 13.0 Å². The van der Waals surface area contributed by atoms with Gasteiger partial charge in [-0.2, -0.15) is 0 Å². The van der Waals surface area contributed by atoms with Crippen molar-refractivity contribution in [1.82, 2.24) is 0 Å². The van der Waals surface area contributed by atoms with E-state index < -0.39 is 17.8 Å². The Morgan fingerprint density at radius 3 is 2.57 bits per heavy atom. The van der Waals surface area contributed by atoms with Crippen LogP contribution < -0.4 is 4.74 Å². The van der Waals surface area contributed by atoms with Crippen LogP contribution in [0.5, 0.6) is 11.5 Å². The fourth-order valence-corrected chi connectivity index (χ4v) is 2.88. The Balaban J connectivity index is 2.27. The van der Waals surface area contributed by atoms with Gasteiger partial charge in [-0.25, -0.2) is 0 Å². The molecule has 1 aliphatic heterocycles. The van der Waals surface area contributed by atoms with Gasteiger partial charge in [0.2, 0.25) is 0 Å². The highest BCUT2D eigenvalue weighted by molar-refractivity contribution is 5.97. The lowest BCUT2D eigenvalue weighted by Crippen LogP contribution is -2.44. The fraction of sp³-hybridized carbons (Fsp3) is 0.500. The largest absolute Gasteiger partial charge is 0.507 e. The van der Waals surface area contributed by atoms with E-state index in [9.17, 15) is 20.1 Å². The van der Waals surface area contributed by atoms with Crippen LogP contribution >= 0.6 is 0 Å². The Morgan fingerprint density at radius 1 is 1.35 bits per heavy atom. The number of aliphatic hydroxyl groups excluding tert-OH is 1. The van der Waals surface area contributed by atoms with Crippen molar-refractivity contribution in [3.05, 3.63) is 34.9 Å². The Kier molecular flexibility index (Phi) is 4.82. The predicted molar refractivity (Wildman–Crippen MR) is 86.8 cm³/mol. The summed E-state index contributed by atoms with van der Waals surface area (Å²) in [7, 11) is 0. The maximum absolute atomic E-state index is 11.5. The summed E-state index contributed by atoms with van der Waals surface area (Å²) < 4.78 is 5.67. The van der Waals surface area contributed by atoms with Crippen molar-refractivity contribution in [2.75, 3.05) is 0 Å². The maximum Gasteiger partial charge on any atom is 0.163 e. The SMILES string of the molecule is CC(=O)c1ccc2c(c1O)[C@H](O)[C@H]([C@@](C)(O)CCC=C(C)C)O2. The number of carbonyl (C=O) groups is 1. The van der Waals surface area contributed by atoms with Gasteiger partial charge in [0.05, 0.1) is 11.1 Å². The second-order valence-corrected chi connectivity index (χ2v) is 6.59. The molecule has 0 aliphatic carbocycles. The molecule has 1 aliphatic rings. The fourth-order valence-electron chi connectivity index (χ4n) is 2.88. The number of aromatic hydroxyl groups is 1. The first-order valence-electron chi connectivity index (χ1n) is 7.72. The van der Waals surface area contributed by atoms with Gasteiger partial charge in [-0.15, -0.1) is 0 Å². The van der Waals surface area contributed by atoms with E-state index in [2.05, 4.69) is 0 Å². The minimum absolute atomic E-state index is 0.135. The molecule has 2 rings (SSSR count). The molecule has 5 nitrogen and oxygen atoms in total. The number of phenols is 1. The quantitative estimate of drug-likeness (QED) is 0.573. The molecular weight excluding hydrogens is 296 g/mol. The Hall–Kier alpha value is -1.85. The summed E-state index contributed by atoms with van der Waals surface area (Å²) in [6.45, 7) is 6.91. The van der Waals surface area contributed by atoms with Crippen molar-refractivity contribution in [2.45, 2.75) is 58.3 Å². The van der Waals surface area contributed by atoms with Crippen LogP contribution in [0.25, 0.3) is 0 Å². The Labute approximate surface area is 136 Å². The molecule has 0 radical (unpaired) electrons. The van der Waals surface area contributed by atoms with E-state index in [-0.39, 0.29) is 22.7 Å².